The van der Waals surface area contributed by atoms with E-state index in [4.69, 9.17) is 14.7 Å². The van der Waals surface area contributed by atoms with Gasteiger partial charge in [0.25, 0.3) is 0 Å². The van der Waals surface area contributed by atoms with E-state index in [0.29, 0.717) is 6.07 Å². The monoisotopic (exact) mass is 527 g/mol. The number of hydrogen-bond donors (Lipinski definition) is 1. The molecule has 3 aliphatic heterocycles. The minimum Gasteiger partial charge on any atom is -0.449 e. The number of alkyl carbamates (subject to hydrolysis) is 1. The van der Waals surface area contributed by atoms with Crippen molar-refractivity contribution < 1.29 is 37.0 Å². The van der Waals surface area contributed by atoms with Crippen LogP contribution in [0.15, 0.2) is 18.2 Å². The summed E-state index contributed by atoms with van der Waals surface area (Å²) in [5.41, 5.74) is -4.45. The molecule has 1 aromatic carbocycles. The molecule has 0 aromatic heterocycles. The summed E-state index contributed by atoms with van der Waals surface area (Å²) >= 11 is 0. The number of carbonyl (C=O) groups is 3. The molecule has 0 aliphatic carbocycles. The number of amides is 3. The second kappa shape index (κ2) is 8.38. The maximum absolute atomic E-state index is 13.5. The number of fused-ring (bicyclic) bond motifs is 5. The Balaban J connectivity index is 1.59. The number of halogens is 3. The van der Waals surface area contributed by atoms with Gasteiger partial charge in [0, 0.05) is 12.2 Å². The zero-order valence-corrected chi connectivity index (χ0v) is 21.4. The molecule has 3 fully saturated rings. The van der Waals surface area contributed by atoms with Gasteiger partial charge in [0.15, 0.2) is 0 Å². The first-order valence-electron chi connectivity index (χ1n) is 11.3. The van der Waals surface area contributed by atoms with E-state index in [1.54, 1.807) is 13.8 Å². The molecule has 0 radical (unpaired) electrons. The molecule has 8 nitrogen and oxygen atoms in total. The first-order valence-corrected chi connectivity index (χ1v) is 14.3. The molecule has 3 saturated heterocycles. The van der Waals surface area contributed by atoms with E-state index in [2.05, 4.69) is 24.1 Å². The van der Waals surface area contributed by atoms with Crippen LogP contribution in [0.3, 0.4) is 0 Å². The topological polar surface area (TPSA) is 109 Å². The van der Waals surface area contributed by atoms with Crippen LogP contribution in [0.2, 0.25) is 0 Å². The third-order valence-corrected chi connectivity index (χ3v) is 8.64. The van der Waals surface area contributed by atoms with Crippen LogP contribution in [0.5, 0.6) is 0 Å². The molecular formula is C24H28F3N3O5S. The molecule has 0 spiro atoms. The molecule has 12 heteroatoms. The Morgan fingerprint density at radius 1 is 1.25 bits per heavy atom. The van der Waals surface area contributed by atoms with Gasteiger partial charge in [-0.05, 0) is 50.8 Å². The van der Waals surface area contributed by atoms with Crippen LogP contribution >= 0.6 is 10.0 Å². The largest absolute Gasteiger partial charge is 0.449 e. The average molecular weight is 528 g/mol. The Bertz CT molecular complexity index is 1180. The number of nitrogens with zero attached hydrogens (tertiary/aromatic N) is 2. The van der Waals surface area contributed by atoms with Gasteiger partial charge < -0.3 is 14.8 Å². The lowest BCUT2D eigenvalue weighted by atomic mass is 9.66. The van der Waals surface area contributed by atoms with Crippen LogP contribution in [-0.2, 0) is 25.2 Å². The Morgan fingerprint density at radius 2 is 1.89 bits per heavy atom. The van der Waals surface area contributed by atoms with Crippen LogP contribution in [0.4, 0.5) is 23.7 Å². The summed E-state index contributed by atoms with van der Waals surface area (Å²) in [6.07, 6.45) is 1.03. The lowest BCUT2D eigenvalue weighted by molar-refractivity contribution is -0.138. The number of rotatable bonds is 5. The van der Waals surface area contributed by atoms with Crippen LogP contribution < -0.4 is 10.2 Å². The van der Waals surface area contributed by atoms with Gasteiger partial charge in [0.1, 0.15) is 6.61 Å². The molecule has 0 saturated carbocycles. The molecule has 3 amide bonds. The average Bonchev–Trinajstić information content (AvgIpc) is 3.26. The van der Waals surface area contributed by atoms with Gasteiger partial charge in [-0.1, -0.05) is 0 Å². The molecule has 36 heavy (non-hydrogen) atoms. The minimum atomic E-state index is -4.84. The van der Waals surface area contributed by atoms with Crippen LogP contribution in [0, 0.1) is 23.2 Å². The van der Waals surface area contributed by atoms with Crippen LogP contribution in [0.25, 0.3) is 0 Å². The number of nitrogens with one attached hydrogen (secondary N) is 1. The highest BCUT2D eigenvalue weighted by atomic mass is 32.3. The number of imide groups is 1. The van der Waals surface area contributed by atoms with Crippen molar-refractivity contribution in [1.29, 1.82) is 5.26 Å². The van der Waals surface area contributed by atoms with E-state index in [9.17, 15) is 27.6 Å². The molecule has 196 valence electrons. The first kappa shape index (κ1) is 26.3. The Labute approximate surface area is 208 Å². The summed E-state index contributed by atoms with van der Waals surface area (Å²) in [5.74, 6) is -2.56. The van der Waals surface area contributed by atoms with Gasteiger partial charge in [-0.15, -0.1) is 0 Å². The van der Waals surface area contributed by atoms with E-state index in [1.165, 1.54) is 6.07 Å². The van der Waals surface area contributed by atoms with Gasteiger partial charge >= 0.3 is 12.3 Å². The number of anilines is 1. The molecule has 1 N–H and O–H groups in total. The minimum absolute atomic E-state index is 0.234. The standard InChI is InChI=1S/C24H28F3N3O5S/c1-22-11-16(29-21(33)34-8-9-36(3,4)5)23(2,35-22)18-17(22)19(31)30(20(18)32)14-7-6-13(12-28)15(10-14)24(25,26)27/h6-7,10,16-18H,8-9,11H2,1-5H3,(H,29,33)/t16-,17-,18?,22-,23+/m1/s1. The molecule has 1 unspecified atom stereocenters. The van der Waals surface area contributed by atoms with Gasteiger partial charge in [-0.2, -0.15) is 18.4 Å². The number of benzene rings is 1. The number of carbonyl (C=O) groups excluding carboxylic acids is 3. The third-order valence-electron chi connectivity index (χ3n) is 7.24. The fraction of sp³-hybridized carbons (Fsp3) is 0.583. The first-order chi connectivity index (χ1) is 16.5. The summed E-state index contributed by atoms with van der Waals surface area (Å²) in [4.78, 5) is 40.1. The number of alkyl halides is 3. The molecule has 3 heterocycles. The Morgan fingerprint density at radius 3 is 2.47 bits per heavy atom. The lowest BCUT2D eigenvalue weighted by Crippen LogP contribution is -2.56. The number of ether oxygens (including phenoxy) is 2. The highest BCUT2D eigenvalue weighted by Crippen LogP contribution is 2.61. The fourth-order valence-corrected chi connectivity index (χ4v) is 6.16. The van der Waals surface area contributed by atoms with Crippen molar-refractivity contribution in [2.24, 2.45) is 11.8 Å². The predicted octanol–water partition coefficient (Wildman–Crippen LogP) is 3.42. The van der Waals surface area contributed by atoms with Gasteiger partial charge in [-0.3, -0.25) is 9.59 Å². The number of nitriles is 1. The Hall–Kier alpha value is -2.78. The zero-order valence-electron chi connectivity index (χ0n) is 20.6. The van der Waals surface area contributed by atoms with Crippen molar-refractivity contribution in [3.05, 3.63) is 29.3 Å². The summed E-state index contributed by atoms with van der Waals surface area (Å²) in [5, 5.41) is 11.8. The SMILES string of the molecule is C[C@]12C[C@@H](NC(=O)OCCS(C)(C)C)[C@](C)(O1)C1C(=O)N(c3ccc(C#N)c(C(F)(F)F)c3)C(=O)[C@@H]12. The summed E-state index contributed by atoms with van der Waals surface area (Å²) in [6, 6.07) is 3.60. The van der Waals surface area contributed by atoms with Gasteiger partial charge in [0.05, 0.1) is 52.0 Å². The van der Waals surface area contributed by atoms with E-state index >= 15 is 0 Å². The fourth-order valence-electron chi connectivity index (χ4n) is 5.58. The second-order valence-corrected chi connectivity index (χ2v) is 15.3. The van der Waals surface area contributed by atoms with E-state index in [1.807, 2.05) is 0 Å². The normalized spacial score (nSPS) is 31.9. The van der Waals surface area contributed by atoms with Crippen molar-refractivity contribution in [3.8, 4) is 6.07 Å². The van der Waals surface area contributed by atoms with Crippen molar-refractivity contribution in [2.45, 2.75) is 43.7 Å². The van der Waals surface area contributed by atoms with Crippen molar-refractivity contribution in [3.63, 3.8) is 0 Å². The van der Waals surface area contributed by atoms with Crippen molar-refractivity contribution >= 4 is 33.6 Å². The predicted molar refractivity (Wildman–Crippen MR) is 127 cm³/mol. The smallest absolute Gasteiger partial charge is 0.417 e. The highest BCUT2D eigenvalue weighted by Gasteiger charge is 2.76. The molecular weight excluding hydrogens is 499 g/mol. The lowest BCUT2D eigenvalue weighted by Gasteiger charge is -2.35. The molecule has 1 aromatic rings. The molecule has 5 atom stereocenters. The zero-order chi connectivity index (χ0) is 26.8. The van der Waals surface area contributed by atoms with E-state index < -0.39 is 74.3 Å². The summed E-state index contributed by atoms with van der Waals surface area (Å²) < 4.78 is 52.0. The second-order valence-electron chi connectivity index (χ2n) is 10.7. The van der Waals surface area contributed by atoms with E-state index in [0.717, 1.165) is 22.8 Å². The van der Waals surface area contributed by atoms with Crippen LogP contribution in [0.1, 0.15) is 31.4 Å². The maximum Gasteiger partial charge on any atom is 0.417 e. The van der Waals surface area contributed by atoms with Gasteiger partial charge in [-0.25, -0.2) is 19.7 Å². The van der Waals surface area contributed by atoms with E-state index in [-0.39, 0.29) is 18.7 Å². The molecule has 4 rings (SSSR count). The molecule has 3 aliphatic rings. The molecule has 2 bridgehead atoms. The van der Waals surface area contributed by atoms with Gasteiger partial charge in [0.2, 0.25) is 11.8 Å². The maximum atomic E-state index is 13.5. The highest BCUT2D eigenvalue weighted by molar-refractivity contribution is 8.32. The Kier molecular flexibility index (Phi) is 6.12. The summed E-state index contributed by atoms with van der Waals surface area (Å²) in [7, 11) is -0.857. The van der Waals surface area contributed by atoms with Crippen LogP contribution in [-0.4, -0.2) is 66.3 Å². The van der Waals surface area contributed by atoms with Crippen molar-refractivity contribution in [1.82, 2.24) is 5.32 Å². The third kappa shape index (κ3) is 4.22. The number of hydrogen-bond acceptors (Lipinski definition) is 6. The summed E-state index contributed by atoms with van der Waals surface area (Å²) in [6.45, 7) is 3.53. The van der Waals surface area contributed by atoms with Crippen molar-refractivity contribution in [2.75, 3.05) is 36.0 Å². The quantitative estimate of drug-likeness (QED) is 0.588.